The van der Waals surface area contributed by atoms with Crippen LogP contribution in [-0.2, 0) is 60.6 Å². The zero-order valence-electron chi connectivity index (χ0n) is 51.0. The number of carbonyl (C=O) groups is 6. The smallest absolute Gasteiger partial charge is 0.329 e. The average Bonchev–Trinajstić information content (AvgIpc) is 3.49. The molecule has 0 spiro atoms. The first kappa shape index (κ1) is 66.0. The second-order valence-corrected chi connectivity index (χ2v) is 22.5. The first-order valence-electron chi connectivity index (χ1n) is 29.5. The number of aryl methyl sites for hydroxylation is 2. The van der Waals surface area contributed by atoms with E-state index in [1.165, 1.54) is 9.80 Å². The van der Waals surface area contributed by atoms with Crippen LogP contribution in [0.15, 0.2) is 84.9 Å². The number of benzene rings is 4. The zero-order valence-corrected chi connectivity index (χ0v) is 51.0. The van der Waals surface area contributed by atoms with Crippen LogP contribution in [0, 0.1) is 10.8 Å². The van der Waals surface area contributed by atoms with Crippen molar-refractivity contribution in [1.29, 1.82) is 0 Å². The van der Waals surface area contributed by atoms with Gasteiger partial charge in [-0.15, -0.1) is 0 Å². The van der Waals surface area contributed by atoms with Gasteiger partial charge in [0.1, 0.15) is 49.0 Å². The van der Waals surface area contributed by atoms with Crippen LogP contribution in [0.4, 0.5) is 0 Å². The molecule has 0 aliphatic carbocycles. The summed E-state index contributed by atoms with van der Waals surface area (Å²) in [6.45, 7) is 12.9. The number of ether oxygens (including phenoxy) is 10. The molecule has 0 aromatic heterocycles. The number of hydrogen-bond donors (Lipinski definition) is 0. The molecule has 4 aromatic carbocycles. The van der Waals surface area contributed by atoms with Crippen LogP contribution in [0.3, 0.4) is 0 Å². The Hall–Kier alpha value is -7.18. The highest BCUT2D eigenvalue weighted by Crippen LogP contribution is 2.36. The van der Waals surface area contributed by atoms with E-state index in [4.69, 9.17) is 47.4 Å². The molecule has 2 saturated heterocycles. The summed E-state index contributed by atoms with van der Waals surface area (Å²) < 4.78 is 58.5. The lowest BCUT2D eigenvalue weighted by atomic mass is 9.84. The number of hydrogen-bond acceptors (Lipinski definition) is 16. The number of Topliss-reactive ketones (excluding diaryl/α,β-unsaturated/α-hetero) is 2. The topological polar surface area (TPSA) is 201 Å². The van der Waals surface area contributed by atoms with Crippen LogP contribution in [0.5, 0.6) is 34.5 Å². The largest absolute Gasteiger partial charge is 0.493 e. The number of carbonyl (C=O) groups excluding carboxylic acids is 6. The van der Waals surface area contributed by atoms with Crippen molar-refractivity contribution in [3.05, 3.63) is 107 Å². The number of piperidine rings is 2. The lowest BCUT2D eigenvalue weighted by molar-refractivity contribution is -0.165. The van der Waals surface area contributed by atoms with Crippen LogP contribution in [-0.4, -0.2) is 138 Å². The molecule has 2 aliphatic rings. The predicted octanol–water partition coefficient (Wildman–Crippen LogP) is 10.4. The molecule has 4 aromatic rings. The monoisotopic (exact) mass is 1160 g/mol. The fourth-order valence-corrected chi connectivity index (χ4v) is 10.1. The van der Waals surface area contributed by atoms with Gasteiger partial charge in [-0.05, 0) is 148 Å². The second kappa shape index (κ2) is 32.2. The van der Waals surface area contributed by atoms with Gasteiger partial charge in [-0.25, -0.2) is 9.59 Å². The van der Waals surface area contributed by atoms with Gasteiger partial charge in [0.25, 0.3) is 11.8 Å². The van der Waals surface area contributed by atoms with Crippen LogP contribution >= 0.6 is 0 Å². The maximum absolute atomic E-state index is 14.1. The Bertz CT molecular complexity index is 2640. The van der Waals surface area contributed by atoms with E-state index >= 15 is 0 Å². The van der Waals surface area contributed by atoms with E-state index in [0.717, 1.165) is 24.0 Å². The molecule has 2 amide bonds. The third-order valence-corrected chi connectivity index (χ3v) is 16.1. The first-order chi connectivity index (χ1) is 40.4. The molecule has 0 bridgehead atoms. The molecule has 2 unspecified atom stereocenters. The van der Waals surface area contributed by atoms with Gasteiger partial charge in [-0.3, -0.25) is 19.2 Å². The summed E-state index contributed by atoms with van der Waals surface area (Å²) in [6.07, 6.45) is 5.02. The Balaban J connectivity index is 1.01. The van der Waals surface area contributed by atoms with Gasteiger partial charge >= 0.3 is 11.9 Å². The third kappa shape index (κ3) is 18.2. The SMILES string of the molecule is CCC(C)(C)C(=O)C(=O)N1CCCCC1C(=O)O[C@H](CCc1ccc(OC)c(OC)c1)c1cccc(OCCOCCOCCOc2cccc(C(CCc3ccc(OC)c(OC)c3)OC(=O)[C@@H]3CCCCN3C(=O)C(=O)C(C)(C)CC)c2)c1. The summed E-state index contributed by atoms with van der Waals surface area (Å²) in [5, 5.41) is 0. The van der Waals surface area contributed by atoms with Gasteiger partial charge in [0.05, 0.1) is 54.9 Å². The summed E-state index contributed by atoms with van der Waals surface area (Å²) in [5.41, 5.74) is 1.59. The lowest BCUT2D eigenvalue weighted by Gasteiger charge is -2.36. The number of ketones is 2. The standard InChI is InChI=1S/C66H88N2O16/c1-11-65(3,4)59(69)61(71)67-33-15-13-23-51(67)63(73)83-53(29-25-45-27-31-55(75-7)57(41-45)77-9)47-19-17-21-49(43-47)81-39-37-79-35-36-80-38-40-82-50-22-18-20-48(44-50)54(30-26-46-28-32-56(76-8)58(42-46)78-10)84-64(74)52-24-14-16-34-68(52)62(72)60(70)66(5,6)12-2/h17-22,27-28,31-32,41-44,51-54H,11-16,23-26,29-30,33-40H2,1-10H3/t51-,52?,53?,54+/m0/s1. The second-order valence-electron chi connectivity index (χ2n) is 22.5. The molecule has 18 nitrogen and oxygen atoms in total. The third-order valence-electron chi connectivity index (χ3n) is 16.1. The van der Waals surface area contributed by atoms with Crippen LogP contribution in [0.2, 0.25) is 0 Å². The number of likely N-dealkylation sites (tertiary alicyclic amines) is 2. The Labute approximate surface area is 496 Å². The van der Waals surface area contributed by atoms with Crippen molar-refractivity contribution in [2.45, 2.75) is 143 Å². The van der Waals surface area contributed by atoms with Crippen molar-refractivity contribution < 1.29 is 76.1 Å². The Morgan fingerprint density at radius 2 is 0.869 bits per heavy atom. The Morgan fingerprint density at radius 3 is 1.24 bits per heavy atom. The van der Waals surface area contributed by atoms with Crippen molar-refractivity contribution in [3.63, 3.8) is 0 Å². The molecule has 0 saturated carbocycles. The molecular formula is C66H88N2O16. The first-order valence-corrected chi connectivity index (χ1v) is 29.5. The maximum atomic E-state index is 14.1. The van der Waals surface area contributed by atoms with Crippen molar-refractivity contribution in [1.82, 2.24) is 9.80 Å². The van der Waals surface area contributed by atoms with Gasteiger partial charge in [-0.1, -0.05) is 77.9 Å². The minimum atomic E-state index is -0.887. The molecule has 4 atom stereocenters. The highest BCUT2D eigenvalue weighted by Gasteiger charge is 2.43. The van der Waals surface area contributed by atoms with E-state index in [1.807, 2.05) is 98.8 Å². The quantitative estimate of drug-likeness (QED) is 0.0247. The van der Waals surface area contributed by atoms with Crippen LogP contribution in [0.1, 0.15) is 140 Å². The molecule has 2 aliphatic heterocycles. The number of rotatable bonds is 33. The molecule has 84 heavy (non-hydrogen) atoms. The van der Waals surface area contributed by atoms with Crippen molar-refractivity contribution in [2.75, 3.05) is 81.2 Å². The number of nitrogens with zero attached hydrogens (tertiary/aromatic N) is 2. The summed E-state index contributed by atoms with van der Waals surface area (Å²) >= 11 is 0. The lowest BCUT2D eigenvalue weighted by Crippen LogP contribution is -2.53. The molecule has 18 heteroatoms. The van der Waals surface area contributed by atoms with Gasteiger partial charge in [-0.2, -0.15) is 0 Å². The molecule has 0 radical (unpaired) electrons. The van der Waals surface area contributed by atoms with E-state index in [0.29, 0.717) is 136 Å². The summed E-state index contributed by atoms with van der Waals surface area (Å²) in [6, 6.07) is 24.3. The molecular weight excluding hydrogens is 1080 g/mol. The molecule has 2 fully saturated rings. The average molecular weight is 1170 g/mol. The fraction of sp³-hybridized carbons (Fsp3) is 0.545. The zero-order chi connectivity index (χ0) is 60.8. The van der Waals surface area contributed by atoms with E-state index in [9.17, 15) is 28.8 Å². The van der Waals surface area contributed by atoms with E-state index in [-0.39, 0.29) is 26.4 Å². The molecule has 6 rings (SSSR count). The van der Waals surface area contributed by atoms with E-state index in [2.05, 4.69) is 0 Å². The van der Waals surface area contributed by atoms with Gasteiger partial charge in [0.2, 0.25) is 11.6 Å². The molecule has 2 heterocycles. The number of amides is 2. The number of esters is 2. The van der Waals surface area contributed by atoms with Crippen LogP contribution < -0.4 is 28.4 Å². The normalized spacial score (nSPS) is 16.2. The highest BCUT2D eigenvalue weighted by molar-refractivity contribution is 6.38. The summed E-state index contributed by atoms with van der Waals surface area (Å²) in [4.78, 5) is 84.9. The van der Waals surface area contributed by atoms with E-state index in [1.54, 1.807) is 56.1 Å². The summed E-state index contributed by atoms with van der Waals surface area (Å²) in [7, 11) is 6.30. The van der Waals surface area contributed by atoms with Gasteiger partial charge in [0.15, 0.2) is 23.0 Å². The Kier molecular flexibility index (Phi) is 25.3. The van der Waals surface area contributed by atoms with Crippen molar-refractivity contribution in [3.8, 4) is 34.5 Å². The summed E-state index contributed by atoms with van der Waals surface area (Å²) in [5.74, 6) is 0.0211. The number of methoxy groups -OCH3 is 4. The Morgan fingerprint density at radius 1 is 0.488 bits per heavy atom. The van der Waals surface area contributed by atoms with Gasteiger partial charge in [0, 0.05) is 23.9 Å². The molecule has 0 N–H and O–H groups in total. The van der Waals surface area contributed by atoms with E-state index < -0.39 is 70.4 Å². The minimum absolute atomic E-state index is 0.235. The maximum Gasteiger partial charge on any atom is 0.329 e. The minimum Gasteiger partial charge on any atom is -0.493 e. The van der Waals surface area contributed by atoms with Crippen molar-refractivity contribution in [2.24, 2.45) is 10.8 Å². The van der Waals surface area contributed by atoms with Crippen molar-refractivity contribution >= 4 is 35.3 Å². The van der Waals surface area contributed by atoms with Gasteiger partial charge < -0.3 is 57.2 Å². The molecule has 458 valence electrons. The predicted molar refractivity (Wildman–Crippen MR) is 316 cm³/mol. The highest BCUT2D eigenvalue weighted by atomic mass is 16.6. The van der Waals surface area contributed by atoms with Crippen LogP contribution in [0.25, 0.3) is 0 Å². The fourth-order valence-electron chi connectivity index (χ4n) is 10.1.